The second-order valence-corrected chi connectivity index (χ2v) is 6.77. The minimum Gasteiger partial charge on any atom is -0.341 e. The van der Waals surface area contributed by atoms with E-state index in [1.165, 1.54) is 5.56 Å². The number of rotatable bonds is 5. The lowest BCUT2D eigenvalue weighted by molar-refractivity contribution is -0.127. The Morgan fingerprint density at radius 1 is 1.65 bits per heavy atom. The third-order valence-electron chi connectivity index (χ3n) is 2.94. The predicted molar refractivity (Wildman–Crippen MR) is 74.1 cm³/mol. The number of nitrogens with one attached hydrogen (secondary N) is 1. The quantitative estimate of drug-likeness (QED) is 0.905. The van der Waals surface area contributed by atoms with Gasteiger partial charge >= 0.3 is 0 Å². The van der Waals surface area contributed by atoms with E-state index >= 15 is 0 Å². The van der Waals surface area contributed by atoms with E-state index in [0.717, 1.165) is 36.3 Å². The van der Waals surface area contributed by atoms with Crippen molar-refractivity contribution in [2.45, 2.75) is 32.4 Å². The zero-order chi connectivity index (χ0) is 12.3. The van der Waals surface area contributed by atoms with Gasteiger partial charge in [0.2, 0.25) is 5.91 Å². The first-order chi connectivity index (χ1) is 8.15. The molecule has 0 saturated carbocycles. The van der Waals surface area contributed by atoms with Gasteiger partial charge in [0, 0.05) is 32.1 Å². The molecule has 1 saturated heterocycles. The Kier molecular flexibility index (Phi) is 4.59. The molecule has 3 nitrogen and oxygen atoms in total. The molecule has 0 aliphatic carbocycles. The second kappa shape index (κ2) is 5.98. The van der Waals surface area contributed by atoms with Crippen LogP contribution in [-0.4, -0.2) is 29.9 Å². The fourth-order valence-corrected chi connectivity index (χ4v) is 3.23. The van der Waals surface area contributed by atoms with Crippen molar-refractivity contribution >= 4 is 33.2 Å². The van der Waals surface area contributed by atoms with Gasteiger partial charge in [0.25, 0.3) is 0 Å². The van der Waals surface area contributed by atoms with Crippen LogP contribution < -0.4 is 5.32 Å². The van der Waals surface area contributed by atoms with Crippen molar-refractivity contribution in [3.8, 4) is 0 Å². The number of halogens is 1. The number of likely N-dealkylation sites (tertiary alicyclic amines) is 1. The summed E-state index contributed by atoms with van der Waals surface area (Å²) in [7, 11) is 0. The number of thiophene rings is 1. The first-order valence-corrected chi connectivity index (χ1v) is 7.56. The summed E-state index contributed by atoms with van der Waals surface area (Å²) in [6.07, 6.45) is 1.74. The molecule has 2 heterocycles. The molecule has 0 radical (unpaired) electrons. The lowest BCUT2D eigenvalue weighted by Crippen LogP contribution is -2.39. The van der Waals surface area contributed by atoms with Crippen molar-refractivity contribution in [2.75, 3.05) is 13.1 Å². The maximum atomic E-state index is 11.5. The number of carbonyl (C=O) groups is 1. The molecule has 0 bridgehead atoms. The van der Waals surface area contributed by atoms with E-state index in [4.69, 9.17) is 0 Å². The average Bonchev–Trinajstić information content (AvgIpc) is 2.86. The van der Waals surface area contributed by atoms with Crippen LogP contribution in [0.25, 0.3) is 0 Å². The summed E-state index contributed by atoms with van der Waals surface area (Å²) in [5, 5.41) is 5.60. The zero-order valence-electron chi connectivity index (χ0n) is 9.91. The monoisotopic (exact) mass is 316 g/mol. The van der Waals surface area contributed by atoms with Crippen LogP contribution in [0.4, 0.5) is 0 Å². The molecule has 1 fully saturated rings. The Morgan fingerprint density at radius 3 is 3.06 bits per heavy atom. The fourth-order valence-electron chi connectivity index (χ4n) is 2.02. The van der Waals surface area contributed by atoms with Gasteiger partial charge in [-0.05, 0) is 46.3 Å². The molecule has 1 aliphatic heterocycles. The molecule has 1 N–H and O–H groups in total. The van der Waals surface area contributed by atoms with Crippen LogP contribution in [-0.2, 0) is 11.3 Å². The molecule has 0 spiro atoms. The molecule has 2 rings (SSSR count). The molecule has 94 valence electrons. The molecule has 0 aromatic carbocycles. The van der Waals surface area contributed by atoms with Crippen molar-refractivity contribution < 1.29 is 4.79 Å². The summed E-state index contributed by atoms with van der Waals surface area (Å²) in [6, 6.07) is 2.47. The highest BCUT2D eigenvalue weighted by Gasteiger charge is 2.21. The summed E-state index contributed by atoms with van der Waals surface area (Å²) in [5.41, 5.74) is 1.29. The predicted octanol–water partition coefficient (Wildman–Crippen LogP) is 2.61. The van der Waals surface area contributed by atoms with Crippen molar-refractivity contribution in [3.63, 3.8) is 0 Å². The Labute approximate surface area is 114 Å². The van der Waals surface area contributed by atoms with Crippen molar-refractivity contribution in [2.24, 2.45) is 0 Å². The molecule has 1 aromatic heterocycles. The highest BCUT2D eigenvalue weighted by Crippen LogP contribution is 2.20. The summed E-state index contributed by atoms with van der Waals surface area (Å²) >= 11 is 5.16. The first kappa shape index (κ1) is 13.1. The Balaban J connectivity index is 1.73. The summed E-state index contributed by atoms with van der Waals surface area (Å²) in [4.78, 5) is 13.4. The normalized spacial score (nSPS) is 17.8. The minimum atomic E-state index is 0.303. The average molecular weight is 317 g/mol. The standard InChI is InChI=1S/C12H17BrN2OS/c1-9(7-15-4-2-3-12(15)16)14-6-10-5-11(13)17-8-10/h5,8-9,14H,2-4,6-7H2,1H3. The Morgan fingerprint density at radius 2 is 2.47 bits per heavy atom. The van der Waals surface area contributed by atoms with Gasteiger partial charge in [-0.3, -0.25) is 4.79 Å². The van der Waals surface area contributed by atoms with E-state index in [1.807, 2.05) is 4.90 Å². The maximum absolute atomic E-state index is 11.5. The van der Waals surface area contributed by atoms with Gasteiger partial charge in [-0.15, -0.1) is 11.3 Å². The molecule has 1 aliphatic rings. The summed E-state index contributed by atoms with van der Waals surface area (Å²) < 4.78 is 1.16. The number of amides is 1. The van der Waals surface area contributed by atoms with Crippen LogP contribution in [0.15, 0.2) is 15.2 Å². The van der Waals surface area contributed by atoms with E-state index in [-0.39, 0.29) is 0 Å². The van der Waals surface area contributed by atoms with Crippen molar-refractivity contribution in [1.82, 2.24) is 10.2 Å². The zero-order valence-corrected chi connectivity index (χ0v) is 12.3. The lowest BCUT2D eigenvalue weighted by Gasteiger charge is -2.21. The topological polar surface area (TPSA) is 32.3 Å². The van der Waals surface area contributed by atoms with Gasteiger partial charge in [0.1, 0.15) is 0 Å². The molecule has 5 heteroatoms. The van der Waals surface area contributed by atoms with Crippen LogP contribution in [0.2, 0.25) is 0 Å². The van der Waals surface area contributed by atoms with Crippen LogP contribution in [0.5, 0.6) is 0 Å². The number of hydrogen-bond donors (Lipinski definition) is 1. The van der Waals surface area contributed by atoms with Gasteiger partial charge in [-0.25, -0.2) is 0 Å². The third kappa shape index (κ3) is 3.79. The van der Waals surface area contributed by atoms with Gasteiger partial charge in [-0.2, -0.15) is 0 Å². The summed E-state index contributed by atoms with van der Waals surface area (Å²) in [5.74, 6) is 0.303. The lowest BCUT2D eigenvalue weighted by atomic mass is 10.2. The minimum absolute atomic E-state index is 0.303. The maximum Gasteiger partial charge on any atom is 0.222 e. The molecule has 17 heavy (non-hydrogen) atoms. The van der Waals surface area contributed by atoms with E-state index < -0.39 is 0 Å². The van der Waals surface area contributed by atoms with Crippen LogP contribution in [0.3, 0.4) is 0 Å². The highest BCUT2D eigenvalue weighted by molar-refractivity contribution is 9.11. The molecular formula is C12H17BrN2OS. The van der Waals surface area contributed by atoms with Crippen LogP contribution in [0.1, 0.15) is 25.3 Å². The number of hydrogen-bond acceptors (Lipinski definition) is 3. The second-order valence-electron chi connectivity index (χ2n) is 4.48. The number of nitrogens with zero attached hydrogens (tertiary/aromatic N) is 1. The molecule has 1 amide bonds. The Hall–Kier alpha value is -0.390. The third-order valence-corrected chi connectivity index (χ3v) is 4.50. The van der Waals surface area contributed by atoms with Crippen LogP contribution >= 0.6 is 27.3 Å². The van der Waals surface area contributed by atoms with Crippen molar-refractivity contribution in [1.29, 1.82) is 0 Å². The first-order valence-electron chi connectivity index (χ1n) is 5.89. The van der Waals surface area contributed by atoms with Gasteiger partial charge in [-0.1, -0.05) is 0 Å². The smallest absolute Gasteiger partial charge is 0.222 e. The molecule has 1 atom stereocenters. The van der Waals surface area contributed by atoms with E-state index in [1.54, 1.807) is 11.3 Å². The Bertz CT molecular complexity index is 394. The summed E-state index contributed by atoms with van der Waals surface area (Å²) in [6.45, 7) is 4.75. The molecule has 1 aromatic rings. The highest BCUT2D eigenvalue weighted by atomic mass is 79.9. The van der Waals surface area contributed by atoms with Crippen molar-refractivity contribution in [3.05, 3.63) is 20.8 Å². The molecular weight excluding hydrogens is 300 g/mol. The fraction of sp³-hybridized carbons (Fsp3) is 0.583. The van der Waals surface area contributed by atoms with E-state index in [9.17, 15) is 4.79 Å². The largest absolute Gasteiger partial charge is 0.341 e. The van der Waals surface area contributed by atoms with Gasteiger partial charge in [0.05, 0.1) is 3.79 Å². The van der Waals surface area contributed by atoms with Gasteiger partial charge < -0.3 is 10.2 Å². The van der Waals surface area contributed by atoms with Gasteiger partial charge in [0.15, 0.2) is 0 Å². The van der Waals surface area contributed by atoms with E-state index in [2.05, 4.69) is 39.6 Å². The SMILES string of the molecule is CC(CN1CCCC1=O)NCc1csc(Br)c1. The van der Waals surface area contributed by atoms with Crippen LogP contribution in [0, 0.1) is 0 Å². The van der Waals surface area contributed by atoms with E-state index in [0.29, 0.717) is 11.9 Å². The number of carbonyl (C=O) groups excluding carboxylic acids is 1. The molecule has 1 unspecified atom stereocenters.